The fraction of sp³-hybridized carbons (Fsp3) is 0.625. The highest BCUT2D eigenvalue weighted by atomic mass is 16.3. The Morgan fingerprint density at radius 3 is 2.95 bits per heavy atom. The van der Waals surface area contributed by atoms with Gasteiger partial charge in [-0.1, -0.05) is 25.1 Å². The van der Waals surface area contributed by atoms with E-state index in [9.17, 15) is 5.11 Å². The van der Waals surface area contributed by atoms with Gasteiger partial charge in [-0.05, 0) is 37.8 Å². The van der Waals surface area contributed by atoms with Crippen molar-refractivity contribution in [1.82, 2.24) is 10.2 Å². The summed E-state index contributed by atoms with van der Waals surface area (Å²) >= 11 is 0. The molecule has 2 aliphatic heterocycles. The lowest BCUT2D eigenvalue weighted by Gasteiger charge is -2.27. The smallest absolute Gasteiger partial charge is 0.120 e. The molecule has 2 fully saturated rings. The zero-order valence-electron chi connectivity index (χ0n) is 11.7. The van der Waals surface area contributed by atoms with E-state index in [4.69, 9.17) is 0 Å². The van der Waals surface area contributed by atoms with E-state index in [-0.39, 0.29) is 0 Å². The van der Waals surface area contributed by atoms with E-state index < -0.39 is 0 Å². The van der Waals surface area contributed by atoms with Crippen LogP contribution in [0.1, 0.15) is 37.8 Å². The Hall–Kier alpha value is -1.06. The molecule has 19 heavy (non-hydrogen) atoms. The normalized spacial score (nSPS) is 29.1. The molecule has 1 aromatic carbocycles. The third-order valence-electron chi connectivity index (χ3n) is 4.75. The van der Waals surface area contributed by atoms with E-state index in [1.54, 1.807) is 6.07 Å². The van der Waals surface area contributed by atoms with Crippen molar-refractivity contribution < 1.29 is 5.11 Å². The third-order valence-corrected chi connectivity index (χ3v) is 4.75. The number of hydrogen-bond acceptors (Lipinski definition) is 3. The molecule has 3 atom stereocenters. The monoisotopic (exact) mass is 260 g/mol. The molecule has 0 spiro atoms. The molecule has 1 aromatic rings. The number of fused-ring (bicyclic) bond motifs is 1. The molecule has 0 aromatic heterocycles. The summed E-state index contributed by atoms with van der Waals surface area (Å²) in [5, 5.41) is 13.7. The topological polar surface area (TPSA) is 35.5 Å². The van der Waals surface area contributed by atoms with E-state index >= 15 is 0 Å². The van der Waals surface area contributed by atoms with Gasteiger partial charge in [0.15, 0.2) is 0 Å². The van der Waals surface area contributed by atoms with Crippen LogP contribution in [0.25, 0.3) is 0 Å². The Morgan fingerprint density at radius 2 is 2.21 bits per heavy atom. The van der Waals surface area contributed by atoms with E-state index in [0.717, 1.165) is 24.4 Å². The largest absolute Gasteiger partial charge is 0.508 e. The van der Waals surface area contributed by atoms with Crippen molar-refractivity contribution in [3.63, 3.8) is 0 Å². The van der Waals surface area contributed by atoms with Crippen LogP contribution in [0, 0.1) is 5.92 Å². The molecule has 0 amide bonds. The zero-order valence-corrected chi connectivity index (χ0v) is 11.7. The summed E-state index contributed by atoms with van der Waals surface area (Å²) in [6.45, 7) is 5.68. The second-order valence-electron chi connectivity index (χ2n) is 5.90. The highest BCUT2D eigenvalue weighted by Gasteiger charge is 2.37. The lowest BCUT2D eigenvalue weighted by Crippen LogP contribution is -2.40. The van der Waals surface area contributed by atoms with Crippen molar-refractivity contribution in [2.24, 2.45) is 5.92 Å². The number of likely N-dealkylation sites (tertiary alicyclic amines) is 1. The van der Waals surface area contributed by atoms with Crippen molar-refractivity contribution in [2.45, 2.75) is 38.3 Å². The van der Waals surface area contributed by atoms with Crippen LogP contribution in [-0.2, 0) is 0 Å². The molecule has 0 radical (unpaired) electrons. The first-order valence-electron chi connectivity index (χ1n) is 7.55. The molecule has 2 heterocycles. The Labute approximate surface area is 115 Å². The number of rotatable bonds is 3. The van der Waals surface area contributed by atoms with Crippen molar-refractivity contribution in [3.05, 3.63) is 29.8 Å². The zero-order chi connectivity index (χ0) is 13.2. The number of hydrogen-bond donors (Lipinski definition) is 2. The summed E-state index contributed by atoms with van der Waals surface area (Å²) in [4.78, 5) is 2.56. The van der Waals surface area contributed by atoms with Gasteiger partial charge in [-0.2, -0.15) is 0 Å². The number of para-hydroxylation sites is 1. The van der Waals surface area contributed by atoms with Gasteiger partial charge in [0.25, 0.3) is 0 Å². The van der Waals surface area contributed by atoms with Crippen LogP contribution in [-0.4, -0.2) is 35.7 Å². The fourth-order valence-electron chi connectivity index (χ4n) is 3.78. The minimum atomic E-state index is 0.355. The molecule has 3 rings (SSSR count). The summed E-state index contributed by atoms with van der Waals surface area (Å²) in [5.41, 5.74) is 1.09. The molecule has 2 N–H and O–H groups in total. The molecule has 2 saturated heterocycles. The van der Waals surface area contributed by atoms with Crippen LogP contribution in [0.3, 0.4) is 0 Å². The molecule has 2 aliphatic rings. The van der Waals surface area contributed by atoms with Crippen LogP contribution < -0.4 is 5.32 Å². The molecule has 1 unspecified atom stereocenters. The van der Waals surface area contributed by atoms with Crippen molar-refractivity contribution in [1.29, 1.82) is 0 Å². The van der Waals surface area contributed by atoms with Crippen molar-refractivity contribution >= 4 is 0 Å². The predicted octanol–water partition coefficient (Wildman–Crippen LogP) is 2.53. The van der Waals surface area contributed by atoms with E-state index in [0.29, 0.717) is 17.8 Å². The molecule has 104 valence electrons. The highest BCUT2D eigenvalue weighted by Crippen LogP contribution is 2.36. The van der Waals surface area contributed by atoms with Crippen LogP contribution in [0.2, 0.25) is 0 Å². The first-order valence-corrected chi connectivity index (χ1v) is 7.55. The highest BCUT2D eigenvalue weighted by molar-refractivity contribution is 5.34. The number of nitrogens with one attached hydrogen (secondary N) is 1. The Balaban J connectivity index is 1.78. The number of nitrogens with zero attached hydrogens (tertiary/aromatic N) is 1. The Kier molecular flexibility index (Phi) is 3.76. The lowest BCUT2D eigenvalue weighted by molar-refractivity contribution is 0.224. The Morgan fingerprint density at radius 1 is 1.37 bits per heavy atom. The van der Waals surface area contributed by atoms with Gasteiger partial charge in [-0.25, -0.2) is 0 Å². The summed E-state index contributed by atoms with van der Waals surface area (Å²) in [7, 11) is 0. The van der Waals surface area contributed by atoms with E-state index in [1.165, 1.54) is 25.9 Å². The van der Waals surface area contributed by atoms with Gasteiger partial charge in [0, 0.05) is 30.7 Å². The average Bonchev–Trinajstić information content (AvgIpc) is 2.85. The van der Waals surface area contributed by atoms with Gasteiger partial charge in [0.05, 0.1) is 0 Å². The Bertz CT molecular complexity index is 421. The minimum absolute atomic E-state index is 0.355. The van der Waals surface area contributed by atoms with Crippen molar-refractivity contribution in [3.8, 4) is 5.75 Å². The average molecular weight is 260 g/mol. The molecule has 0 aliphatic carbocycles. The number of phenols is 1. The number of aromatic hydroxyl groups is 1. The van der Waals surface area contributed by atoms with Crippen LogP contribution in [0.4, 0.5) is 0 Å². The second-order valence-corrected chi connectivity index (χ2v) is 5.90. The van der Waals surface area contributed by atoms with Gasteiger partial charge in [0.1, 0.15) is 5.75 Å². The maximum Gasteiger partial charge on any atom is 0.120 e. The third kappa shape index (κ3) is 2.49. The summed E-state index contributed by atoms with van der Waals surface area (Å²) in [6, 6.07) is 8.82. The van der Waals surface area contributed by atoms with Gasteiger partial charge in [0.2, 0.25) is 0 Å². The van der Waals surface area contributed by atoms with E-state index in [2.05, 4.69) is 23.2 Å². The van der Waals surface area contributed by atoms with Crippen molar-refractivity contribution in [2.75, 3.05) is 19.6 Å². The molecule has 0 saturated carbocycles. The second kappa shape index (κ2) is 5.51. The summed E-state index contributed by atoms with van der Waals surface area (Å²) in [6.07, 6.45) is 3.71. The summed E-state index contributed by atoms with van der Waals surface area (Å²) in [5.74, 6) is 1.24. The molecule has 3 heteroatoms. The fourth-order valence-corrected chi connectivity index (χ4v) is 3.78. The molecular formula is C16H24N2O. The van der Waals surface area contributed by atoms with Crippen LogP contribution in [0.15, 0.2) is 24.3 Å². The molecular weight excluding hydrogens is 236 g/mol. The van der Waals surface area contributed by atoms with Gasteiger partial charge < -0.3 is 10.4 Å². The number of benzene rings is 1. The van der Waals surface area contributed by atoms with Crippen LogP contribution >= 0.6 is 0 Å². The SMILES string of the molecule is CCC(c1ccccc1O)N1C[C@@H]2CCCN[C@@H]2C1. The molecule has 0 bridgehead atoms. The van der Waals surface area contributed by atoms with Gasteiger partial charge in [-0.3, -0.25) is 4.90 Å². The lowest BCUT2D eigenvalue weighted by atomic mass is 9.94. The van der Waals surface area contributed by atoms with Crippen LogP contribution in [0.5, 0.6) is 5.75 Å². The predicted molar refractivity (Wildman–Crippen MR) is 77.2 cm³/mol. The minimum Gasteiger partial charge on any atom is -0.508 e. The number of piperidine rings is 1. The first kappa shape index (κ1) is 12.9. The number of phenolic OH excluding ortho intramolecular Hbond substituents is 1. The van der Waals surface area contributed by atoms with E-state index in [1.807, 2.05) is 12.1 Å². The summed E-state index contributed by atoms with van der Waals surface area (Å²) < 4.78 is 0. The maximum atomic E-state index is 10.1. The first-order chi connectivity index (χ1) is 9.29. The van der Waals surface area contributed by atoms with Gasteiger partial charge in [-0.15, -0.1) is 0 Å². The van der Waals surface area contributed by atoms with Gasteiger partial charge >= 0.3 is 0 Å². The molecule has 3 nitrogen and oxygen atoms in total. The standard InChI is InChI=1S/C16H24N2O/c1-2-15(13-7-3-4-8-16(13)19)18-10-12-6-5-9-17-14(12)11-18/h3-4,7-8,12,14-15,17,19H,2,5-6,9-11H2,1H3/t12-,14+,15?/m0/s1. The quantitative estimate of drug-likeness (QED) is 0.876. The maximum absolute atomic E-state index is 10.1.